The van der Waals surface area contributed by atoms with Crippen LogP contribution in [0.3, 0.4) is 0 Å². The molecule has 6 nitrogen and oxygen atoms in total. The van der Waals surface area contributed by atoms with Gasteiger partial charge < -0.3 is 9.32 Å². The summed E-state index contributed by atoms with van der Waals surface area (Å²) in [6.07, 6.45) is 3.48. The first-order chi connectivity index (χ1) is 14.3. The summed E-state index contributed by atoms with van der Waals surface area (Å²) in [6, 6.07) is 12.3. The Balaban J connectivity index is 1.93. The zero-order valence-electron chi connectivity index (χ0n) is 16.8. The molecule has 160 valence electrons. The van der Waals surface area contributed by atoms with E-state index in [4.69, 9.17) is 27.6 Å². The van der Waals surface area contributed by atoms with Crippen molar-refractivity contribution < 1.29 is 12.8 Å². The van der Waals surface area contributed by atoms with Crippen LogP contribution in [0.2, 0.25) is 10.0 Å². The third kappa shape index (κ3) is 5.55. The summed E-state index contributed by atoms with van der Waals surface area (Å²) in [5, 5.41) is 0.741. The number of rotatable bonds is 9. The first-order valence-electron chi connectivity index (χ1n) is 9.35. The monoisotopic (exact) mass is 467 g/mol. The fraction of sp³-hybridized carbons (Fsp3) is 0.286. The Morgan fingerprint density at radius 1 is 1.07 bits per heavy atom. The average Bonchev–Trinajstić information content (AvgIpc) is 3.23. The number of hydrogen-bond acceptors (Lipinski definition) is 5. The van der Waals surface area contributed by atoms with Gasteiger partial charge in [-0.2, -0.15) is 0 Å². The van der Waals surface area contributed by atoms with E-state index in [1.54, 1.807) is 48.7 Å². The third-order valence-corrected chi connectivity index (χ3v) is 7.24. The number of aromatic nitrogens is 1. The molecule has 0 N–H and O–H groups in total. The van der Waals surface area contributed by atoms with Crippen molar-refractivity contribution in [2.75, 3.05) is 30.7 Å². The molecule has 0 bridgehead atoms. The molecule has 30 heavy (non-hydrogen) atoms. The van der Waals surface area contributed by atoms with E-state index in [1.165, 1.54) is 10.7 Å². The summed E-state index contributed by atoms with van der Waals surface area (Å²) in [5.74, 6) is 0.632. The number of benzene rings is 2. The smallest absolute Gasteiger partial charge is 0.235 e. The Hall–Kier alpha value is -2.06. The number of nitrogens with zero attached hydrogens (tertiary/aromatic N) is 3. The molecule has 0 aliphatic carbocycles. The molecule has 0 atom stereocenters. The van der Waals surface area contributed by atoms with Gasteiger partial charge >= 0.3 is 0 Å². The molecule has 9 heteroatoms. The Morgan fingerprint density at radius 2 is 1.80 bits per heavy atom. The van der Waals surface area contributed by atoms with Crippen LogP contribution in [-0.4, -0.2) is 44.7 Å². The van der Waals surface area contributed by atoms with Gasteiger partial charge in [-0.05, 0) is 63.0 Å². The van der Waals surface area contributed by atoms with Crippen LogP contribution in [0.5, 0.6) is 0 Å². The third-order valence-electron chi connectivity index (χ3n) is 4.56. The Labute approximate surface area is 187 Å². The quantitative estimate of drug-likeness (QED) is 0.445. The molecular weight excluding hydrogens is 445 g/mol. The highest BCUT2D eigenvalue weighted by atomic mass is 35.5. The van der Waals surface area contributed by atoms with E-state index in [9.17, 15) is 8.42 Å². The van der Waals surface area contributed by atoms with Gasteiger partial charge in [0.05, 0.1) is 34.2 Å². The van der Waals surface area contributed by atoms with E-state index < -0.39 is 10.0 Å². The fourth-order valence-electron chi connectivity index (χ4n) is 3.00. The van der Waals surface area contributed by atoms with Crippen LogP contribution in [-0.2, 0) is 16.6 Å². The highest BCUT2D eigenvalue weighted by Crippen LogP contribution is 2.31. The second kappa shape index (κ2) is 9.83. The highest BCUT2D eigenvalue weighted by Gasteiger charge is 2.24. The number of anilines is 1. The summed E-state index contributed by atoms with van der Waals surface area (Å²) in [7, 11) is 0.234. The fourth-order valence-corrected chi connectivity index (χ4v) is 4.87. The summed E-state index contributed by atoms with van der Waals surface area (Å²) >= 11 is 12.5. The van der Waals surface area contributed by atoms with Crippen LogP contribution in [0.4, 0.5) is 5.69 Å². The Bertz CT molecular complexity index is 1070. The number of halogens is 2. The van der Waals surface area contributed by atoms with Crippen molar-refractivity contribution in [1.29, 1.82) is 0 Å². The SMILES string of the molecule is CN(C)CCCS(=O)(=O)N(Cc1cccc(Cl)c1Cl)c1ccc(-c2cnco2)cc1. The van der Waals surface area contributed by atoms with E-state index in [1.807, 2.05) is 19.0 Å². The standard InChI is InChI=1S/C21H23Cl2N3O3S/c1-25(2)11-4-12-30(27,28)26(14-17-5-3-6-19(22)21(17)23)18-9-7-16(8-10-18)20-13-24-15-29-20/h3,5-10,13,15H,4,11-12,14H2,1-2H3. The van der Waals surface area contributed by atoms with Crippen molar-refractivity contribution in [3.05, 3.63) is 70.7 Å². The first-order valence-corrected chi connectivity index (χ1v) is 11.7. The molecule has 0 amide bonds. The molecule has 0 saturated heterocycles. The molecule has 3 aromatic rings. The summed E-state index contributed by atoms with van der Waals surface area (Å²) in [4.78, 5) is 5.87. The minimum Gasteiger partial charge on any atom is -0.444 e. The maximum absolute atomic E-state index is 13.2. The van der Waals surface area contributed by atoms with Gasteiger partial charge in [-0.15, -0.1) is 0 Å². The van der Waals surface area contributed by atoms with E-state index in [-0.39, 0.29) is 12.3 Å². The zero-order valence-corrected chi connectivity index (χ0v) is 19.1. The molecule has 0 radical (unpaired) electrons. The lowest BCUT2D eigenvalue weighted by atomic mass is 10.1. The summed E-state index contributed by atoms with van der Waals surface area (Å²) in [6.45, 7) is 0.765. The minimum atomic E-state index is -3.60. The maximum Gasteiger partial charge on any atom is 0.235 e. The van der Waals surface area contributed by atoms with E-state index in [0.717, 1.165) is 5.56 Å². The number of hydrogen-bond donors (Lipinski definition) is 0. The summed E-state index contributed by atoms with van der Waals surface area (Å²) < 4.78 is 33.1. The van der Waals surface area contributed by atoms with Gasteiger partial charge in [-0.3, -0.25) is 4.31 Å². The predicted octanol–water partition coefficient (Wildman–Crippen LogP) is 4.94. The lowest BCUT2D eigenvalue weighted by Crippen LogP contribution is -2.33. The first kappa shape index (κ1) is 22.6. The van der Waals surface area contributed by atoms with E-state index >= 15 is 0 Å². The van der Waals surface area contributed by atoms with Crippen molar-refractivity contribution in [2.45, 2.75) is 13.0 Å². The van der Waals surface area contributed by atoms with Gasteiger partial charge in [0.1, 0.15) is 0 Å². The molecule has 1 aromatic heterocycles. The number of sulfonamides is 1. The van der Waals surface area contributed by atoms with Gasteiger partial charge in [0, 0.05) is 5.56 Å². The van der Waals surface area contributed by atoms with Gasteiger partial charge in [-0.25, -0.2) is 13.4 Å². The lowest BCUT2D eigenvalue weighted by Gasteiger charge is -2.26. The van der Waals surface area contributed by atoms with Crippen molar-refractivity contribution in [1.82, 2.24) is 9.88 Å². The molecule has 0 fully saturated rings. The largest absolute Gasteiger partial charge is 0.444 e. The van der Waals surface area contributed by atoms with Crippen LogP contribution < -0.4 is 4.31 Å². The maximum atomic E-state index is 13.2. The molecule has 0 spiro atoms. The van der Waals surface area contributed by atoms with Crippen LogP contribution >= 0.6 is 23.2 Å². The van der Waals surface area contributed by atoms with Crippen molar-refractivity contribution in [2.24, 2.45) is 0 Å². The molecule has 0 unspecified atom stereocenters. The minimum absolute atomic E-state index is 0.0211. The zero-order chi connectivity index (χ0) is 21.7. The molecular formula is C21H23Cl2N3O3S. The highest BCUT2D eigenvalue weighted by molar-refractivity contribution is 7.92. The van der Waals surface area contributed by atoms with Gasteiger partial charge in [-0.1, -0.05) is 35.3 Å². The van der Waals surface area contributed by atoms with Crippen LogP contribution in [0, 0.1) is 0 Å². The molecule has 1 heterocycles. The Kier molecular flexibility index (Phi) is 7.41. The molecule has 0 saturated carbocycles. The van der Waals surface area contributed by atoms with Gasteiger partial charge in [0.2, 0.25) is 10.0 Å². The van der Waals surface area contributed by atoms with Crippen LogP contribution in [0.15, 0.2) is 59.5 Å². The number of oxazole rings is 1. The molecule has 0 aliphatic rings. The predicted molar refractivity (Wildman–Crippen MR) is 122 cm³/mol. The Morgan fingerprint density at radius 3 is 2.43 bits per heavy atom. The second-order valence-corrected chi connectivity index (χ2v) is 9.90. The van der Waals surface area contributed by atoms with Gasteiger partial charge in [0.25, 0.3) is 0 Å². The van der Waals surface area contributed by atoms with Crippen LogP contribution in [0.25, 0.3) is 11.3 Å². The molecule has 0 aliphatic heterocycles. The average molecular weight is 468 g/mol. The second-order valence-electron chi connectivity index (χ2n) is 7.10. The van der Waals surface area contributed by atoms with Crippen molar-refractivity contribution in [3.8, 4) is 11.3 Å². The van der Waals surface area contributed by atoms with E-state index in [0.29, 0.717) is 40.0 Å². The molecule has 3 rings (SSSR count). The van der Waals surface area contributed by atoms with Crippen molar-refractivity contribution >= 4 is 38.9 Å². The molecule has 2 aromatic carbocycles. The van der Waals surface area contributed by atoms with Crippen molar-refractivity contribution in [3.63, 3.8) is 0 Å². The van der Waals surface area contributed by atoms with Gasteiger partial charge in [0.15, 0.2) is 12.2 Å². The summed E-state index contributed by atoms with van der Waals surface area (Å²) in [5.41, 5.74) is 1.99. The normalized spacial score (nSPS) is 11.8. The van der Waals surface area contributed by atoms with Crippen LogP contribution in [0.1, 0.15) is 12.0 Å². The topological polar surface area (TPSA) is 66.7 Å². The lowest BCUT2D eigenvalue weighted by molar-refractivity contribution is 0.408. The van der Waals surface area contributed by atoms with E-state index in [2.05, 4.69) is 4.98 Å².